The molecule has 0 unspecified atom stereocenters. The minimum atomic E-state index is -0.932. The number of carboxylic acids is 1. The number of hydrogen-bond donors (Lipinski definition) is 1. The summed E-state index contributed by atoms with van der Waals surface area (Å²) in [4.78, 5) is 21.7. The molecule has 0 aromatic carbocycles. The molecule has 0 saturated carbocycles. The number of nitrogens with zero attached hydrogens (tertiary/aromatic N) is 1. The van der Waals surface area contributed by atoms with Gasteiger partial charge in [0.2, 0.25) is 0 Å². The summed E-state index contributed by atoms with van der Waals surface area (Å²) >= 11 is 0. The summed E-state index contributed by atoms with van der Waals surface area (Å²) in [6.07, 6.45) is 1.05. The van der Waals surface area contributed by atoms with Gasteiger partial charge < -0.3 is 9.84 Å². The molecule has 0 amide bonds. The molecular formula is C13H17NO4. The van der Waals surface area contributed by atoms with E-state index in [1.807, 2.05) is 6.07 Å². The van der Waals surface area contributed by atoms with E-state index >= 15 is 0 Å². The Bertz CT molecular complexity index is 395. The van der Waals surface area contributed by atoms with Crippen molar-refractivity contribution in [3.63, 3.8) is 0 Å². The molecule has 0 atom stereocenters. The predicted molar refractivity (Wildman–Crippen MR) is 64.3 cm³/mol. The minimum absolute atomic E-state index is 0.0522. The Morgan fingerprint density at radius 2 is 1.94 bits per heavy atom. The molecule has 0 bridgehead atoms. The molecule has 0 spiro atoms. The monoisotopic (exact) mass is 251 g/mol. The standard InChI is InChI=1S/C13H17NO4/c1-13(2,9-4-3-5-10-14)18-12(17)8-6-7-11(15)16/h3,5-8H2,1-2H3,(H,15,16). The summed E-state index contributed by atoms with van der Waals surface area (Å²) in [5.41, 5.74) is -0.907. The van der Waals surface area contributed by atoms with Crippen molar-refractivity contribution in [3.05, 3.63) is 0 Å². The topological polar surface area (TPSA) is 87.4 Å². The molecule has 0 saturated heterocycles. The lowest BCUT2D eigenvalue weighted by molar-refractivity contribution is -0.152. The van der Waals surface area contributed by atoms with Crippen molar-refractivity contribution in [2.24, 2.45) is 0 Å². The van der Waals surface area contributed by atoms with Crippen molar-refractivity contribution in [1.29, 1.82) is 5.26 Å². The molecule has 98 valence electrons. The van der Waals surface area contributed by atoms with Crippen LogP contribution in [-0.2, 0) is 14.3 Å². The van der Waals surface area contributed by atoms with Gasteiger partial charge in [0.15, 0.2) is 5.60 Å². The van der Waals surface area contributed by atoms with E-state index < -0.39 is 17.5 Å². The molecule has 1 N–H and O–H groups in total. The van der Waals surface area contributed by atoms with Gasteiger partial charge in [0.25, 0.3) is 0 Å². The summed E-state index contributed by atoms with van der Waals surface area (Å²) in [6, 6.07) is 1.97. The van der Waals surface area contributed by atoms with Crippen molar-refractivity contribution in [2.75, 3.05) is 0 Å². The van der Waals surface area contributed by atoms with Crippen LogP contribution < -0.4 is 0 Å². The van der Waals surface area contributed by atoms with Crippen LogP contribution in [0.3, 0.4) is 0 Å². The maximum atomic E-state index is 11.4. The molecule has 5 nitrogen and oxygen atoms in total. The molecule has 0 fully saturated rings. The molecule has 0 aliphatic rings. The van der Waals surface area contributed by atoms with Gasteiger partial charge in [0, 0.05) is 25.7 Å². The van der Waals surface area contributed by atoms with Crippen molar-refractivity contribution in [1.82, 2.24) is 0 Å². The van der Waals surface area contributed by atoms with Gasteiger partial charge in [-0.3, -0.25) is 9.59 Å². The zero-order valence-electron chi connectivity index (χ0n) is 10.7. The fraction of sp³-hybridized carbons (Fsp3) is 0.615. The number of aliphatic carboxylic acids is 1. The zero-order chi connectivity index (χ0) is 14.0. The number of esters is 1. The van der Waals surface area contributed by atoms with Crippen LogP contribution in [0.5, 0.6) is 0 Å². The number of carbonyl (C=O) groups is 2. The van der Waals surface area contributed by atoms with Gasteiger partial charge in [-0.15, -0.1) is 0 Å². The molecule has 5 heteroatoms. The van der Waals surface area contributed by atoms with E-state index in [9.17, 15) is 9.59 Å². The quantitative estimate of drug-likeness (QED) is 0.442. The third kappa shape index (κ3) is 9.23. The predicted octanol–water partition coefficient (Wildman–Crippen LogP) is 1.87. The van der Waals surface area contributed by atoms with Gasteiger partial charge in [0.1, 0.15) is 0 Å². The summed E-state index contributed by atoms with van der Waals surface area (Å²) in [6.45, 7) is 3.31. The lowest BCUT2D eigenvalue weighted by Crippen LogP contribution is -2.26. The highest BCUT2D eigenvalue weighted by atomic mass is 16.6. The Labute approximate surface area is 107 Å². The van der Waals surface area contributed by atoms with Gasteiger partial charge in [0.05, 0.1) is 6.07 Å². The highest BCUT2D eigenvalue weighted by molar-refractivity contribution is 5.72. The number of unbranched alkanes of at least 4 members (excludes halogenated alkanes) is 1. The van der Waals surface area contributed by atoms with Crippen LogP contribution in [0, 0.1) is 23.2 Å². The summed E-state index contributed by atoms with van der Waals surface area (Å²) in [5.74, 6) is 4.13. The van der Waals surface area contributed by atoms with E-state index in [4.69, 9.17) is 15.1 Å². The van der Waals surface area contributed by atoms with E-state index in [-0.39, 0.29) is 19.3 Å². The van der Waals surface area contributed by atoms with Crippen LogP contribution in [0.4, 0.5) is 0 Å². The van der Waals surface area contributed by atoms with Crippen LogP contribution >= 0.6 is 0 Å². The molecule has 0 aliphatic heterocycles. The van der Waals surface area contributed by atoms with E-state index in [0.29, 0.717) is 12.8 Å². The average molecular weight is 251 g/mol. The number of carboxylic acid groups (broad SMARTS) is 1. The lowest BCUT2D eigenvalue weighted by Gasteiger charge is -2.18. The second kappa shape index (κ2) is 8.14. The maximum absolute atomic E-state index is 11.4. The van der Waals surface area contributed by atoms with E-state index in [1.54, 1.807) is 13.8 Å². The Balaban J connectivity index is 4.06. The molecule has 0 aromatic rings. The zero-order valence-corrected chi connectivity index (χ0v) is 10.7. The number of ether oxygens (including phenoxy) is 1. The van der Waals surface area contributed by atoms with Crippen molar-refractivity contribution in [2.45, 2.75) is 51.6 Å². The first-order valence-electron chi connectivity index (χ1n) is 5.68. The van der Waals surface area contributed by atoms with Gasteiger partial charge in [-0.25, -0.2) is 0 Å². The second-order valence-corrected chi connectivity index (χ2v) is 4.19. The smallest absolute Gasteiger partial charge is 0.307 e. The molecular weight excluding hydrogens is 234 g/mol. The van der Waals surface area contributed by atoms with E-state index in [1.165, 1.54) is 0 Å². The molecule has 0 heterocycles. The van der Waals surface area contributed by atoms with Crippen molar-refractivity contribution >= 4 is 11.9 Å². The summed E-state index contributed by atoms with van der Waals surface area (Å²) < 4.78 is 5.11. The van der Waals surface area contributed by atoms with Crippen molar-refractivity contribution < 1.29 is 19.4 Å². The Morgan fingerprint density at radius 3 is 2.50 bits per heavy atom. The highest BCUT2D eigenvalue weighted by Gasteiger charge is 2.19. The van der Waals surface area contributed by atoms with Gasteiger partial charge in [-0.05, 0) is 20.3 Å². The molecule has 0 aliphatic carbocycles. The average Bonchev–Trinajstić information content (AvgIpc) is 2.23. The Morgan fingerprint density at radius 1 is 1.28 bits per heavy atom. The van der Waals surface area contributed by atoms with E-state index in [0.717, 1.165) is 0 Å². The highest BCUT2D eigenvalue weighted by Crippen LogP contribution is 2.10. The first-order valence-corrected chi connectivity index (χ1v) is 5.68. The molecule has 0 radical (unpaired) electrons. The Kier molecular flexibility index (Phi) is 7.23. The van der Waals surface area contributed by atoms with E-state index in [2.05, 4.69) is 11.8 Å². The fourth-order valence-electron chi connectivity index (χ4n) is 1.14. The van der Waals surface area contributed by atoms with Crippen LogP contribution in [0.25, 0.3) is 0 Å². The molecule has 0 aromatic heterocycles. The van der Waals surface area contributed by atoms with Crippen molar-refractivity contribution in [3.8, 4) is 17.9 Å². The minimum Gasteiger partial charge on any atom is -0.481 e. The third-order valence-corrected chi connectivity index (χ3v) is 1.89. The third-order valence-electron chi connectivity index (χ3n) is 1.89. The van der Waals surface area contributed by atoms with Gasteiger partial charge in [-0.2, -0.15) is 5.26 Å². The number of nitriles is 1. The van der Waals surface area contributed by atoms with Crippen LogP contribution in [-0.4, -0.2) is 22.6 Å². The maximum Gasteiger partial charge on any atom is 0.307 e. The Hall–Kier alpha value is -2.01. The SMILES string of the molecule is CC(C)(C#CCCC#N)OC(=O)CCCC(=O)O. The second-order valence-electron chi connectivity index (χ2n) is 4.19. The first-order chi connectivity index (χ1) is 8.37. The largest absolute Gasteiger partial charge is 0.481 e. The molecule has 0 rings (SSSR count). The lowest BCUT2D eigenvalue weighted by atomic mass is 10.1. The normalized spacial score (nSPS) is 9.83. The van der Waals surface area contributed by atoms with Crippen LogP contribution in [0.2, 0.25) is 0 Å². The van der Waals surface area contributed by atoms with Crippen LogP contribution in [0.15, 0.2) is 0 Å². The first kappa shape index (κ1) is 16.0. The number of rotatable bonds is 6. The van der Waals surface area contributed by atoms with Gasteiger partial charge in [-0.1, -0.05) is 11.8 Å². The summed E-state index contributed by atoms with van der Waals surface area (Å²) in [7, 11) is 0. The van der Waals surface area contributed by atoms with Gasteiger partial charge >= 0.3 is 11.9 Å². The molecule has 18 heavy (non-hydrogen) atoms. The fourth-order valence-corrected chi connectivity index (χ4v) is 1.14. The number of hydrogen-bond acceptors (Lipinski definition) is 4. The number of carbonyl (C=O) groups excluding carboxylic acids is 1. The summed E-state index contributed by atoms with van der Waals surface area (Å²) in [5, 5.41) is 16.8. The van der Waals surface area contributed by atoms with Crippen LogP contribution in [0.1, 0.15) is 46.0 Å².